The van der Waals surface area contributed by atoms with E-state index in [0.29, 0.717) is 0 Å². The average molecular weight is 549 g/mol. The molecule has 0 radical (unpaired) electrons. The van der Waals surface area contributed by atoms with E-state index >= 15 is 0 Å². The zero-order chi connectivity index (χ0) is 12.7. The third-order valence-corrected chi connectivity index (χ3v) is 3.45. The standard InChI is InChI=1S/C12H30N6.6ClH.4H2O/c1-2-14-5-6-16-9-10-18-12-11-17-8-7-15-4-3-13-1;;;;;;;;;;/h13-18H,1-12H2;6*1H;4*1H2. The minimum Gasteiger partial charge on any atom is -1.00 e. The first kappa shape index (κ1) is 63.0. The zero-order valence-corrected chi connectivity index (χ0v) is 20.8. The van der Waals surface area contributed by atoms with Gasteiger partial charge in [-0.1, -0.05) is 0 Å². The summed E-state index contributed by atoms with van der Waals surface area (Å²) in [5.74, 6) is 0. The Morgan fingerprint density at radius 2 is 0.286 bits per heavy atom. The van der Waals surface area contributed by atoms with E-state index in [1.807, 2.05) is 0 Å². The lowest BCUT2D eigenvalue weighted by Gasteiger charge is -2.04. The van der Waals surface area contributed by atoms with Gasteiger partial charge in [0.1, 0.15) is 78.5 Å². The highest BCUT2D eigenvalue weighted by atomic mass is 35.5. The van der Waals surface area contributed by atoms with E-state index < -0.39 is 0 Å². The van der Waals surface area contributed by atoms with Crippen LogP contribution in [0.25, 0.3) is 0 Å². The summed E-state index contributed by atoms with van der Waals surface area (Å²) >= 11 is 0. The molecule has 1 heterocycles. The molecule has 20 N–H and O–H groups in total. The number of halogens is 6. The third-order valence-electron chi connectivity index (χ3n) is 3.45. The second-order valence-electron chi connectivity index (χ2n) is 5.20. The van der Waals surface area contributed by atoms with E-state index in [4.69, 9.17) is 0 Å². The molecule has 0 aromatic rings. The fourth-order valence-electron chi connectivity index (χ4n) is 2.28. The van der Waals surface area contributed by atoms with Gasteiger partial charge in [-0.15, -0.1) is 0 Å². The Balaban J connectivity index is -0.0000000405. The minimum absolute atomic E-state index is 0. The molecule has 28 heavy (non-hydrogen) atoms. The molecule has 0 saturated carbocycles. The molecule has 1 saturated heterocycles. The quantitative estimate of drug-likeness (QED) is 0.166. The van der Waals surface area contributed by atoms with Crippen LogP contribution in [0.1, 0.15) is 0 Å². The Hall–Kier alpha value is 1.34. The molecule has 0 unspecified atom stereocenters. The van der Waals surface area contributed by atoms with Gasteiger partial charge in [-0.25, -0.2) is 0 Å². The van der Waals surface area contributed by atoms with Crippen LogP contribution in [0.4, 0.5) is 0 Å². The van der Waals surface area contributed by atoms with E-state index in [2.05, 4.69) is 31.9 Å². The van der Waals surface area contributed by atoms with Crippen LogP contribution in [-0.2, 0) is 0 Å². The van der Waals surface area contributed by atoms with Crippen molar-refractivity contribution < 1.29 is 128 Å². The van der Waals surface area contributed by atoms with Crippen LogP contribution in [-0.4, -0.2) is 100 Å². The highest BCUT2D eigenvalue weighted by molar-refractivity contribution is 4.24. The van der Waals surface area contributed by atoms with Crippen molar-refractivity contribution in [3.63, 3.8) is 0 Å². The van der Waals surface area contributed by atoms with Crippen LogP contribution in [0.3, 0.4) is 0 Å². The Bertz CT molecular complexity index is 128. The monoisotopic (exact) mass is 546 g/mol. The first-order chi connectivity index (χ1) is 9.00. The third kappa shape index (κ3) is 50.7. The Kier molecular flexibility index (Phi) is 127. The topological polar surface area (TPSA) is 226 Å². The van der Waals surface area contributed by atoms with Crippen LogP contribution in [0, 0.1) is 0 Å². The fourth-order valence-corrected chi connectivity index (χ4v) is 2.28. The van der Waals surface area contributed by atoms with Crippen LogP contribution in [0.15, 0.2) is 0 Å². The SMILES string of the molecule is C1C[NH2+]CC[NH2+]CC[NH2+]CC[NH2+]CC[NH2+]CC[NH2+]1.O.O.O.O.[Cl-].[Cl-].[Cl-].[Cl-].[Cl-].[Cl-]. The summed E-state index contributed by atoms with van der Waals surface area (Å²) in [5, 5.41) is 14.7. The number of hydrogen-bond acceptors (Lipinski definition) is 0. The van der Waals surface area contributed by atoms with Gasteiger partial charge < -0.3 is 128 Å². The molecule has 188 valence electrons. The van der Waals surface area contributed by atoms with Gasteiger partial charge in [0.2, 0.25) is 0 Å². The first-order valence-corrected chi connectivity index (χ1v) is 7.90. The molecular weight excluding hydrogens is 505 g/mol. The van der Waals surface area contributed by atoms with Gasteiger partial charge in [-0.2, -0.15) is 0 Å². The molecule has 1 aliphatic rings. The normalized spacial score (nSPS) is 15.4. The lowest BCUT2D eigenvalue weighted by atomic mass is 10.4. The number of nitrogens with two attached hydrogens (primary N) is 6. The van der Waals surface area contributed by atoms with Crippen molar-refractivity contribution >= 4 is 0 Å². The number of hydrogen-bond donors (Lipinski definition) is 6. The summed E-state index contributed by atoms with van der Waals surface area (Å²) in [6, 6.07) is 0. The predicted molar refractivity (Wildman–Crippen MR) is 84.4 cm³/mol. The van der Waals surface area contributed by atoms with Gasteiger partial charge in [0.05, 0.1) is 0 Å². The molecule has 16 heteroatoms. The maximum Gasteiger partial charge on any atom is 0.125 e. The van der Waals surface area contributed by atoms with E-state index in [0.717, 1.165) is 0 Å². The molecule has 1 fully saturated rings. The van der Waals surface area contributed by atoms with Crippen molar-refractivity contribution in [2.24, 2.45) is 0 Å². The second kappa shape index (κ2) is 56.6. The predicted octanol–water partition coefficient (Wildman–Crippen LogP) is -29.9. The van der Waals surface area contributed by atoms with Gasteiger partial charge in [-0.05, 0) is 0 Å². The molecule has 1 aliphatic heterocycles. The van der Waals surface area contributed by atoms with Gasteiger partial charge in [-0.3, -0.25) is 0 Å². The molecule has 1 rings (SSSR count). The van der Waals surface area contributed by atoms with E-state index in [1.165, 1.54) is 78.5 Å². The molecule has 0 atom stereocenters. The van der Waals surface area contributed by atoms with Gasteiger partial charge in [0.25, 0.3) is 0 Å². The van der Waals surface area contributed by atoms with E-state index in [9.17, 15) is 0 Å². The van der Waals surface area contributed by atoms with Gasteiger partial charge in [0, 0.05) is 0 Å². The summed E-state index contributed by atoms with van der Waals surface area (Å²) in [4.78, 5) is 0. The summed E-state index contributed by atoms with van der Waals surface area (Å²) in [5.41, 5.74) is 0. The van der Waals surface area contributed by atoms with Gasteiger partial charge >= 0.3 is 0 Å². The van der Waals surface area contributed by atoms with Crippen LogP contribution in [0.5, 0.6) is 0 Å². The lowest BCUT2D eigenvalue weighted by Crippen LogP contribution is -3.04. The van der Waals surface area contributed by atoms with Crippen molar-refractivity contribution in [2.45, 2.75) is 0 Å². The number of rotatable bonds is 0. The molecule has 0 aromatic heterocycles. The smallest absolute Gasteiger partial charge is 0.125 e. The summed E-state index contributed by atoms with van der Waals surface area (Å²) in [7, 11) is 0. The van der Waals surface area contributed by atoms with Crippen molar-refractivity contribution in [3.05, 3.63) is 0 Å². The van der Waals surface area contributed by atoms with Crippen LogP contribution < -0.4 is 106 Å². The Labute approximate surface area is 206 Å². The maximum atomic E-state index is 2.46. The lowest BCUT2D eigenvalue weighted by molar-refractivity contribution is -0.787. The summed E-state index contributed by atoms with van der Waals surface area (Å²) in [6.45, 7) is 15.3. The van der Waals surface area contributed by atoms with E-state index in [1.54, 1.807) is 0 Å². The molecular formula is C12H44Cl6N6O4. The minimum atomic E-state index is 0. The highest BCUT2D eigenvalue weighted by Crippen LogP contribution is 1.41. The summed E-state index contributed by atoms with van der Waals surface area (Å²) < 4.78 is 0. The van der Waals surface area contributed by atoms with Crippen molar-refractivity contribution in [3.8, 4) is 0 Å². The van der Waals surface area contributed by atoms with Gasteiger partial charge in [0.15, 0.2) is 0 Å². The molecule has 10 nitrogen and oxygen atoms in total. The average Bonchev–Trinajstić information content (AvgIpc) is 2.39. The van der Waals surface area contributed by atoms with Crippen molar-refractivity contribution in [2.75, 3.05) is 78.5 Å². The van der Waals surface area contributed by atoms with E-state index in [-0.39, 0.29) is 96.3 Å². The highest BCUT2D eigenvalue weighted by Gasteiger charge is 2.00. The fraction of sp³-hybridized carbons (Fsp3) is 1.00. The maximum absolute atomic E-state index is 2.46. The van der Waals surface area contributed by atoms with Crippen LogP contribution >= 0.6 is 0 Å². The first-order valence-electron chi connectivity index (χ1n) is 7.90. The van der Waals surface area contributed by atoms with Crippen molar-refractivity contribution in [1.29, 1.82) is 0 Å². The molecule has 0 bridgehead atoms. The number of quaternary nitrogens is 6. The molecule has 0 amide bonds. The Morgan fingerprint density at radius 3 is 0.357 bits per heavy atom. The largest absolute Gasteiger partial charge is 1.00 e. The zero-order valence-electron chi connectivity index (χ0n) is 16.2. The second-order valence-corrected chi connectivity index (χ2v) is 5.20. The molecule has 0 aromatic carbocycles. The Morgan fingerprint density at radius 1 is 0.214 bits per heavy atom. The summed E-state index contributed by atoms with van der Waals surface area (Å²) in [6.07, 6.45) is 0. The van der Waals surface area contributed by atoms with Crippen LogP contribution in [0.2, 0.25) is 0 Å². The molecule has 0 aliphatic carbocycles. The van der Waals surface area contributed by atoms with Crippen molar-refractivity contribution in [1.82, 2.24) is 0 Å². The molecule has 0 spiro atoms.